The fourth-order valence-electron chi connectivity index (χ4n) is 3.48. The smallest absolute Gasteiger partial charge is 0.360 e. The molecule has 0 aliphatic rings. The van der Waals surface area contributed by atoms with Gasteiger partial charge >= 0.3 is 5.97 Å². The highest BCUT2D eigenvalue weighted by atomic mass is 16.5. The first-order chi connectivity index (χ1) is 15.8. The van der Waals surface area contributed by atoms with Crippen LogP contribution in [0.4, 0.5) is 5.69 Å². The summed E-state index contributed by atoms with van der Waals surface area (Å²) in [4.78, 5) is 50.3. The van der Waals surface area contributed by atoms with Crippen LogP contribution in [-0.4, -0.2) is 37.5 Å². The van der Waals surface area contributed by atoms with Gasteiger partial charge in [0.05, 0.1) is 16.8 Å². The third kappa shape index (κ3) is 3.93. The number of para-hydroxylation sites is 1. The predicted octanol–water partition coefficient (Wildman–Crippen LogP) is 1.90. The molecule has 0 spiro atoms. The van der Waals surface area contributed by atoms with Gasteiger partial charge in [-0.3, -0.25) is 19.1 Å². The van der Waals surface area contributed by atoms with Gasteiger partial charge in [0.25, 0.3) is 17.0 Å². The Balaban J connectivity index is 1.56. The zero-order valence-electron chi connectivity index (χ0n) is 18.2. The average Bonchev–Trinajstić information content (AvgIpc) is 3.02. The van der Waals surface area contributed by atoms with Gasteiger partial charge in [0, 0.05) is 12.4 Å². The van der Waals surface area contributed by atoms with E-state index >= 15 is 0 Å². The quantitative estimate of drug-likeness (QED) is 0.450. The Hall–Kier alpha value is -4.47. The summed E-state index contributed by atoms with van der Waals surface area (Å²) in [6.45, 7) is 3.08. The molecule has 4 aromatic rings. The Bertz CT molecular complexity index is 1480. The SMILES string of the molecule is Cc1c(NC(=O)C(C)OC(=O)c2n[nH]c(=O)c3ccccc23)c(=O)n(-c2ccccc2)n1C. The van der Waals surface area contributed by atoms with E-state index in [1.165, 1.54) is 11.6 Å². The van der Waals surface area contributed by atoms with Crippen LogP contribution in [0.15, 0.2) is 64.2 Å². The van der Waals surface area contributed by atoms with E-state index < -0.39 is 29.1 Å². The summed E-state index contributed by atoms with van der Waals surface area (Å²) in [5.74, 6) is -1.56. The highest BCUT2D eigenvalue weighted by molar-refractivity contribution is 6.03. The zero-order chi connectivity index (χ0) is 23.7. The Morgan fingerprint density at radius 3 is 2.36 bits per heavy atom. The summed E-state index contributed by atoms with van der Waals surface area (Å²) in [5.41, 5.74) is 0.283. The molecule has 4 rings (SSSR count). The molecule has 0 saturated carbocycles. The first-order valence-corrected chi connectivity index (χ1v) is 10.1. The first kappa shape index (κ1) is 21.8. The molecule has 0 aliphatic carbocycles. The normalized spacial score (nSPS) is 11.8. The number of carbonyl (C=O) groups is 2. The maximum Gasteiger partial charge on any atom is 0.360 e. The number of hydrogen-bond donors (Lipinski definition) is 2. The molecule has 2 N–H and O–H groups in total. The number of benzene rings is 2. The molecular weight excluding hydrogens is 426 g/mol. The van der Waals surface area contributed by atoms with Crippen LogP contribution in [0.5, 0.6) is 0 Å². The minimum atomic E-state index is -1.23. The Morgan fingerprint density at radius 2 is 1.67 bits per heavy atom. The second-order valence-corrected chi connectivity index (χ2v) is 7.42. The van der Waals surface area contributed by atoms with Gasteiger partial charge in [0.2, 0.25) is 0 Å². The maximum absolute atomic E-state index is 13.0. The lowest BCUT2D eigenvalue weighted by Crippen LogP contribution is -2.32. The lowest BCUT2D eigenvalue weighted by Gasteiger charge is -2.13. The predicted molar refractivity (Wildman–Crippen MR) is 122 cm³/mol. The second kappa shape index (κ2) is 8.58. The number of aromatic nitrogens is 4. The molecule has 0 aliphatic heterocycles. The lowest BCUT2D eigenvalue weighted by molar-refractivity contribution is -0.123. The standard InChI is InChI=1S/C23H21N5O5/c1-13-18(22(31)28(27(13)3)15-9-5-4-6-10-15)24-20(29)14(2)33-23(32)19-16-11-7-8-12-17(16)21(30)26-25-19/h4-12,14H,1-3H3,(H,24,29)(H,26,30). The molecule has 1 atom stereocenters. The average molecular weight is 447 g/mol. The number of anilines is 1. The van der Waals surface area contributed by atoms with E-state index in [1.807, 2.05) is 6.07 Å². The van der Waals surface area contributed by atoms with Crippen molar-refractivity contribution in [3.05, 3.63) is 86.7 Å². The number of nitrogens with one attached hydrogen (secondary N) is 2. The minimum absolute atomic E-state index is 0.0851. The summed E-state index contributed by atoms with van der Waals surface area (Å²) >= 11 is 0. The van der Waals surface area contributed by atoms with Crippen molar-refractivity contribution in [1.29, 1.82) is 0 Å². The van der Waals surface area contributed by atoms with E-state index in [4.69, 9.17) is 4.74 Å². The number of H-pyrrole nitrogens is 1. The van der Waals surface area contributed by atoms with Gasteiger partial charge in [-0.2, -0.15) is 5.10 Å². The second-order valence-electron chi connectivity index (χ2n) is 7.42. The number of esters is 1. The molecular formula is C23H21N5O5. The number of amides is 1. The fourth-order valence-corrected chi connectivity index (χ4v) is 3.48. The summed E-state index contributed by atoms with van der Waals surface area (Å²) in [7, 11) is 1.70. The van der Waals surface area contributed by atoms with Crippen LogP contribution in [0.25, 0.3) is 16.5 Å². The molecule has 10 nitrogen and oxygen atoms in total. The van der Waals surface area contributed by atoms with E-state index in [0.717, 1.165) is 0 Å². The maximum atomic E-state index is 13.0. The third-order valence-electron chi connectivity index (χ3n) is 5.34. The summed E-state index contributed by atoms with van der Waals surface area (Å²) in [6, 6.07) is 15.4. The van der Waals surface area contributed by atoms with Crippen LogP contribution in [-0.2, 0) is 16.6 Å². The third-order valence-corrected chi connectivity index (χ3v) is 5.34. The van der Waals surface area contributed by atoms with Crippen LogP contribution in [0.2, 0.25) is 0 Å². The van der Waals surface area contributed by atoms with Gasteiger partial charge in [-0.15, -0.1) is 0 Å². The Kier molecular flexibility index (Phi) is 5.65. The minimum Gasteiger partial charge on any atom is -0.448 e. The van der Waals surface area contributed by atoms with Gasteiger partial charge < -0.3 is 10.1 Å². The Morgan fingerprint density at radius 1 is 1.03 bits per heavy atom. The van der Waals surface area contributed by atoms with Crippen molar-refractivity contribution in [3.63, 3.8) is 0 Å². The van der Waals surface area contributed by atoms with Crippen LogP contribution in [0.3, 0.4) is 0 Å². The monoisotopic (exact) mass is 447 g/mol. The number of hydrogen-bond acceptors (Lipinski definition) is 6. The van der Waals surface area contributed by atoms with Gasteiger partial charge in [-0.25, -0.2) is 14.6 Å². The molecule has 0 fully saturated rings. The molecule has 1 amide bonds. The van der Waals surface area contributed by atoms with Gasteiger partial charge in [0.1, 0.15) is 5.69 Å². The number of nitrogens with zero attached hydrogens (tertiary/aromatic N) is 3. The van der Waals surface area contributed by atoms with E-state index in [-0.39, 0.29) is 16.8 Å². The van der Waals surface area contributed by atoms with Crippen LogP contribution >= 0.6 is 0 Å². The van der Waals surface area contributed by atoms with Gasteiger partial charge in [-0.1, -0.05) is 36.4 Å². The van der Waals surface area contributed by atoms with Crippen molar-refractivity contribution in [3.8, 4) is 5.69 Å². The van der Waals surface area contributed by atoms with E-state index in [0.29, 0.717) is 16.8 Å². The summed E-state index contributed by atoms with van der Waals surface area (Å²) < 4.78 is 8.32. The van der Waals surface area contributed by atoms with Crippen LogP contribution in [0, 0.1) is 6.92 Å². The molecule has 0 saturated heterocycles. The summed E-state index contributed by atoms with van der Waals surface area (Å²) in [5, 5.41) is 9.18. The number of aromatic amines is 1. The molecule has 10 heteroatoms. The molecule has 2 aromatic carbocycles. The van der Waals surface area contributed by atoms with Crippen molar-refractivity contribution in [2.24, 2.45) is 7.05 Å². The lowest BCUT2D eigenvalue weighted by atomic mass is 10.1. The zero-order valence-corrected chi connectivity index (χ0v) is 18.2. The Labute approximate surface area is 187 Å². The van der Waals surface area contributed by atoms with Crippen molar-refractivity contribution >= 4 is 28.3 Å². The topological polar surface area (TPSA) is 128 Å². The summed E-state index contributed by atoms with van der Waals surface area (Å²) in [6.07, 6.45) is -1.23. The van der Waals surface area contributed by atoms with Crippen LogP contribution < -0.4 is 16.4 Å². The van der Waals surface area contributed by atoms with Crippen molar-refractivity contribution in [2.75, 3.05) is 5.32 Å². The van der Waals surface area contributed by atoms with Gasteiger partial charge in [-0.05, 0) is 32.0 Å². The molecule has 0 radical (unpaired) electrons. The molecule has 1 unspecified atom stereocenters. The van der Waals surface area contributed by atoms with Crippen molar-refractivity contribution in [2.45, 2.75) is 20.0 Å². The highest BCUT2D eigenvalue weighted by Gasteiger charge is 2.25. The number of fused-ring (bicyclic) bond motifs is 1. The molecule has 33 heavy (non-hydrogen) atoms. The van der Waals surface area contributed by atoms with Gasteiger partial charge in [0.15, 0.2) is 11.8 Å². The number of ether oxygens (including phenoxy) is 1. The first-order valence-electron chi connectivity index (χ1n) is 10.1. The van der Waals surface area contributed by atoms with Crippen molar-refractivity contribution < 1.29 is 14.3 Å². The van der Waals surface area contributed by atoms with E-state index in [9.17, 15) is 19.2 Å². The van der Waals surface area contributed by atoms with Crippen LogP contribution in [0.1, 0.15) is 23.1 Å². The number of rotatable bonds is 5. The molecule has 0 bridgehead atoms. The largest absolute Gasteiger partial charge is 0.448 e. The molecule has 2 aromatic heterocycles. The highest BCUT2D eigenvalue weighted by Crippen LogP contribution is 2.16. The fraction of sp³-hybridized carbons (Fsp3) is 0.174. The van der Waals surface area contributed by atoms with E-state index in [2.05, 4.69) is 15.5 Å². The molecule has 168 valence electrons. The van der Waals surface area contributed by atoms with Crippen molar-refractivity contribution in [1.82, 2.24) is 19.6 Å². The number of carbonyl (C=O) groups excluding carboxylic acids is 2. The van der Waals surface area contributed by atoms with E-state index in [1.54, 1.807) is 67.2 Å². The molecule has 2 heterocycles.